The zero-order valence-corrected chi connectivity index (χ0v) is 23.7. The van der Waals surface area contributed by atoms with Gasteiger partial charge in [-0.2, -0.15) is 9.97 Å². The molecule has 1 aliphatic rings. The van der Waals surface area contributed by atoms with Gasteiger partial charge in [-0.25, -0.2) is 9.97 Å². The fourth-order valence-corrected chi connectivity index (χ4v) is 4.35. The molecule has 13 nitrogen and oxygen atoms in total. The molecule has 1 amide bonds. The summed E-state index contributed by atoms with van der Waals surface area (Å²) in [6, 6.07) is 3.13. The van der Waals surface area contributed by atoms with Crippen LogP contribution in [-0.4, -0.2) is 87.7 Å². The number of carbonyl (C=O) groups excluding carboxylic acids is 1. The summed E-state index contributed by atoms with van der Waals surface area (Å²) < 4.78 is 19.0. The van der Waals surface area contributed by atoms with Crippen LogP contribution in [0, 0.1) is 5.92 Å². The number of aryl methyl sites for hydroxylation is 1. The number of amides is 1. The molecule has 3 aromatic rings. The van der Waals surface area contributed by atoms with Gasteiger partial charge in [0.15, 0.2) is 11.6 Å². The minimum Gasteiger partial charge on any atom is -0.489 e. The summed E-state index contributed by atoms with van der Waals surface area (Å²) in [5.41, 5.74) is 7.86. The van der Waals surface area contributed by atoms with Crippen LogP contribution in [0.25, 0.3) is 11.3 Å². The summed E-state index contributed by atoms with van der Waals surface area (Å²) in [6.45, 7) is 7.43. The van der Waals surface area contributed by atoms with Gasteiger partial charge in [0.05, 0.1) is 31.8 Å². The van der Waals surface area contributed by atoms with Crippen LogP contribution in [0.4, 0.5) is 11.6 Å². The number of carbonyl (C=O) groups is 1. The lowest BCUT2D eigenvalue weighted by Crippen LogP contribution is -2.38. The number of hydrogen-bond donors (Lipinski definition) is 3. The molecule has 0 spiro atoms. The van der Waals surface area contributed by atoms with Crippen molar-refractivity contribution >= 4 is 17.5 Å². The number of aliphatic hydroxyl groups is 1. The predicted octanol–water partition coefficient (Wildman–Crippen LogP) is 1.84. The second kappa shape index (κ2) is 13.9. The average molecular weight is 567 g/mol. The number of imidazole rings is 1. The van der Waals surface area contributed by atoms with E-state index in [2.05, 4.69) is 36.7 Å². The number of anilines is 2. The molecular formula is C28H38N8O5. The van der Waals surface area contributed by atoms with E-state index >= 15 is 0 Å². The first kappa shape index (κ1) is 29.7. The number of aromatic nitrogens is 5. The van der Waals surface area contributed by atoms with E-state index in [0.29, 0.717) is 43.0 Å². The molecule has 1 aliphatic heterocycles. The maximum Gasteiger partial charge on any atom is 0.319 e. The Balaban J connectivity index is 1.42. The molecule has 0 unspecified atom stereocenters. The van der Waals surface area contributed by atoms with Gasteiger partial charge in [0.2, 0.25) is 0 Å². The first-order chi connectivity index (χ1) is 19.8. The number of pyridine rings is 1. The van der Waals surface area contributed by atoms with Crippen molar-refractivity contribution < 1.29 is 24.1 Å². The molecule has 220 valence electrons. The quantitative estimate of drug-likeness (QED) is 0.259. The van der Waals surface area contributed by atoms with E-state index in [-0.39, 0.29) is 24.9 Å². The molecule has 4 rings (SSSR count). The molecule has 1 saturated heterocycles. The fraction of sp³-hybridized carbons (Fsp3) is 0.464. The molecule has 0 aliphatic carbocycles. The summed E-state index contributed by atoms with van der Waals surface area (Å²) >= 11 is 0. The van der Waals surface area contributed by atoms with Crippen LogP contribution < -0.4 is 25.4 Å². The highest BCUT2D eigenvalue weighted by Crippen LogP contribution is 2.29. The normalized spacial score (nSPS) is 15.3. The summed E-state index contributed by atoms with van der Waals surface area (Å²) in [4.78, 5) is 32.4. The van der Waals surface area contributed by atoms with Crippen molar-refractivity contribution in [2.45, 2.75) is 31.9 Å². The highest BCUT2D eigenvalue weighted by Gasteiger charge is 2.24. The molecule has 0 bridgehead atoms. The monoisotopic (exact) mass is 566 g/mol. The Morgan fingerprint density at radius 3 is 2.73 bits per heavy atom. The van der Waals surface area contributed by atoms with Gasteiger partial charge in [-0.3, -0.25) is 4.79 Å². The smallest absolute Gasteiger partial charge is 0.319 e. The summed E-state index contributed by atoms with van der Waals surface area (Å²) in [6.07, 6.45) is 8.12. The van der Waals surface area contributed by atoms with Crippen LogP contribution in [0.2, 0.25) is 0 Å². The third kappa shape index (κ3) is 7.92. The van der Waals surface area contributed by atoms with Gasteiger partial charge in [0.25, 0.3) is 5.91 Å². The molecular weight excluding hydrogens is 528 g/mol. The molecule has 4 heterocycles. The number of nitrogens with zero attached hydrogens (tertiary/aromatic N) is 6. The van der Waals surface area contributed by atoms with Crippen LogP contribution in [0.1, 0.15) is 30.3 Å². The SMILES string of the molecule is C=C[C@H](COC)Oc1nc(C(=O)N[C@H](C)CO)cc(N2CCC(COc3cc(-c4cn(C)cn4)cnc3N)CC2)n1. The van der Waals surface area contributed by atoms with E-state index in [1.807, 2.05) is 23.9 Å². The van der Waals surface area contributed by atoms with E-state index in [4.69, 9.17) is 19.9 Å². The third-order valence-corrected chi connectivity index (χ3v) is 6.72. The zero-order chi connectivity index (χ0) is 29.4. The minimum atomic E-state index is -0.483. The van der Waals surface area contributed by atoms with Gasteiger partial charge >= 0.3 is 6.01 Å². The van der Waals surface area contributed by atoms with Gasteiger partial charge < -0.3 is 39.8 Å². The molecule has 3 aromatic heterocycles. The maximum absolute atomic E-state index is 12.8. The Hall–Kier alpha value is -4.23. The van der Waals surface area contributed by atoms with E-state index < -0.39 is 18.1 Å². The van der Waals surface area contributed by atoms with Crippen molar-refractivity contribution in [2.75, 3.05) is 50.7 Å². The number of hydrogen-bond acceptors (Lipinski definition) is 11. The van der Waals surface area contributed by atoms with Crippen molar-refractivity contribution in [3.05, 3.63) is 49.2 Å². The van der Waals surface area contributed by atoms with Crippen LogP contribution in [0.3, 0.4) is 0 Å². The Morgan fingerprint density at radius 1 is 1.29 bits per heavy atom. The number of aliphatic hydroxyl groups excluding tert-OH is 1. The van der Waals surface area contributed by atoms with Crippen LogP contribution >= 0.6 is 0 Å². The Bertz CT molecular complexity index is 1320. The van der Waals surface area contributed by atoms with Crippen molar-refractivity contribution in [3.63, 3.8) is 0 Å². The molecule has 1 fully saturated rings. The minimum absolute atomic E-state index is 0.0486. The van der Waals surface area contributed by atoms with Crippen molar-refractivity contribution in [1.82, 2.24) is 29.8 Å². The van der Waals surface area contributed by atoms with Crippen LogP contribution in [0.5, 0.6) is 11.8 Å². The summed E-state index contributed by atoms with van der Waals surface area (Å²) in [7, 11) is 3.47. The van der Waals surface area contributed by atoms with Crippen molar-refractivity contribution in [1.29, 1.82) is 0 Å². The molecule has 4 N–H and O–H groups in total. The summed E-state index contributed by atoms with van der Waals surface area (Å²) in [5.74, 6) is 1.32. The standard InChI is InChI=1S/C28H38N8O5/c1-5-21(16-39-4)41-28-33-22(27(38)32-18(2)14-37)11-25(34-28)36-8-6-19(7-9-36)15-40-24-10-20(12-30-26(24)29)23-13-35(3)17-31-23/h5,10-13,17-19,21,37H,1,6-9,14-16H2,2-4H3,(H2,29,30)(H,32,38)/t18-,21-/m1/s1. The largest absolute Gasteiger partial charge is 0.489 e. The number of piperidine rings is 1. The van der Waals surface area contributed by atoms with E-state index in [1.165, 1.54) is 0 Å². The third-order valence-electron chi connectivity index (χ3n) is 6.72. The van der Waals surface area contributed by atoms with Crippen LogP contribution in [0.15, 0.2) is 43.5 Å². The molecule has 41 heavy (non-hydrogen) atoms. The lowest BCUT2D eigenvalue weighted by Gasteiger charge is -2.33. The first-order valence-electron chi connectivity index (χ1n) is 13.5. The topological polar surface area (TPSA) is 163 Å². The first-order valence-corrected chi connectivity index (χ1v) is 13.5. The van der Waals surface area contributed by atoms with Crippen molar-refractivity contribution in [2.24, 2.45) is 13.0 Å². The lowest BCUT2D eigenvalue weighted by atomic mass is 9.98. The molecule has 0 saturated carbocycles. The Labute approximate surface area is 239 Å². The average Bonchev–Trinajstić information content (AvgIpc) is 3.42. The second-order valence-corrected chi connectivity index (χ2v) is 10.1. The number of methoxy groups -OCH3 is 1. The highest BCUT2D eigenvalue weighted by molar-refractivity contribution is 5.93. The number of rotatable bonds is 13. The number of nitrogens with two attached hydrogens (primary N) is 1. The van der Waals surface area contributed by atoms with Gasteiger partial charge in [0.1, 0.15) is 17.6 Å². The molecule has 0 aromatic carbocycles. The van der Waals surface area contributed by atoms with Gasteiger partial charge in [-0.15, -0.1) is 0 Å². The van der Waals surface area contributed by atoms with E-state index in [9.17, 15) is 9.90 Å². The predicted molar refractivity (Wildman–Crippen MR) is 154 cm³/mol. The Morgan fingerprint density at radius 2 is 2.07 bits per heavy atom. The van der Waals surface area contributed by atoms with Gasteiger partial charge in [0, 0.05) is 57.3 Å². The molecule has 0 radical (unpaired) electrons. The number of nitrogens with one attached hydrogen (secondary N) is 1. The second-order valence-electron chi connectivity index (χ2n) is 10.1. The van der Waals surface area contributed by atoms with Gasteiger partial charge in [-0.1, -0.05) is 6.58 Å². The fourth-order valence-electron chi connectivity index (χ4n) is 4.35. The zero-order valence-electron chi connectivity index (χ0n) is 23.7. The summed E-state index contributed by atoms with van der Waals surface area (Å²) in [5, 5.41) is 12.1. The number of nitrogen functional groups attached to an aromatic ring is 1. The maximum atomic E-state index is 12.8. The molecule has 2 atom stereocenters. The van der Waals surface area contributed by atoms with Crippen molar-refractivity contribution in [3.8, 4) is 23.0 Å². The lowest BCUT2D eigenvalue weighted by molar-refractivity contribution is 0.0905. The molecule has 13 heteroatoms. The van der Waals surface area contributed by atoms with E-state index in [0.717, 1.165) is 24.1 Å². The van der Waals surface area contributed by atoms with Gasteiger partial charge in [-0.05, 0) is 37.8 Å². The Kier molecular flexibility index (Phi) is 10.1. The number of ether oxygens (including phenoxy) is 3. The highest BCUT2D eigenvalue weighted by atomic mass is 16.5. The van der Waals surface area contributed by atoms with E-state index in [1.54, 1.807) is 38.7 Å². The van der Waals surface area contributed by atoms with Crippen LogP contribution in [-0.2, 0) is 11.8 Å².